The molecule has 166 valence electrons. The van der Waals surface area contributed by atoms with Crippen LogP contribution in [0.25, 0.3) is 22.0 Å². The minimum absolute atomic E-state index is 0.177. The normalized spacial score (nSPS) is 11.4. The minimum atomic E-state index is -3.89. The van der Waals surface area contributed by atoms with E-state index in [0.717, 1.165) is 22.0 Å². The van der Waals surface area contributed by atoms with Crippen molar-refractivity contribution in [3.05, 3.63) is 65.7 Å². The summed E-state index contributed by atoms with van der Waals surface area (Å²) in [6, 6.07) is 16.5. The van der Waals surface area contributed by atoms with Gasteiger partial charge in [-0.05, 0) is 25.1 Å². The molecule has 4 aromatic rings. The standard InChI is InChI=1S/C23H23N3O4S2/c1-15-22(32(27,28)25-18-12-17(29-3)10-11-21(18)30-4)13-20(26(15)2)23-24-19(14-31-23)16-8-6-5-7-9-16/h5-14,25H,1-4H3. The highest BCUT2D eigenvalue weighted by atomic mass is 32.2. The number of hydrogen-bond donors (Lipinski definition) is 1. The first-order chi connectivity index (χ1) is 15.3. The quantitative estimate of drug-likeness (QED) is 0.414. The molecule has 0 aliphatic carbocycles. The lowest BCUT2D eigenvalue weighted by atomic mass is 10.2. The van der Waals surface area contributed by atoms with E-state index in [1.807, 2.05) is 47.3 Å². The third kappa shape index (κ3) is 4.09. The Morgan fingerprint density at radius 3 is 2.47 bits per heavy atom. The fraction of sp³-hybridized carbons (Fsp3) is 0.174. The van der Waals surface area contributed by atoms with E-state index in [1.54, 1.807) is 31.2 Å². The lowest BCUT2D eigenvalue weighted by molar-refractivity contribution is 0.405. The van der Waals surface area contributed by atoms with E-state index in [9.17, 15) is 8.42 Å². The largest absolute Gasteiger partial charge is 0.497 e. The number of sulfonamides is 1. The van der Waals surface area contributed by atoms with Gasteiger partial charge in [-0.15, -0.1) is 11.3 Å². The van der Waals surface area contributed by atoms with Crippen LogP contribution in [-0.2, 0) is 17.1 Å². The molecule has 4 rings (SSSR count). The number of anilines is 1. The summed E-state index contributed by atoms with van der Waals surface area (Å²) in [4.78, 5) is 4.91. The van der Waals surface area contributed by atoms with Gasteiger partial charge >= 0.3 is 0 Å². The van der Waals surface area contributed by atoms with E-state index in [4.69, 9.17) is 14.5 Å². The monoisotopic (exact) mass is 469 g/mol. The van der Waals surface area contributed by atoms with Gasteiger partial charge in [0.05, 0.1) is 31.3 Å². The van der Waals surface area contributed by atoms with Crippen molar-refractivity contribution in [3.63, 3.8) is 0 Å². The Balaban J connectivity index is 1.71. The van der Waals surface area contributed by atoms with Crippen molar-refractivity contribution in [1.82, 2.24) is 9.55 Å². The van der Waals surface area contributed by atoms with E-state index in [1.165, 1.54) is 25.6 Å². The lowest BCUT2D eigenvalue weighted by Gasteiger charge is -2.13. The van der Waals surface area contributed by atoms with Crippen molar-refractivity contribution in [3.8, 4) is 33.5 Å². The summed E-state index contributed by atoms with van der Waals surface area (Å²) < 4.78 is 41.5. The van der Waals surface area contributed by atoms with E-state index in [0.29, 0.717) is 22.9 Å². The number of nitrogens with one attached hydrogen (secondary N) is 1. The number of hydrogen-bond acceptors (Lipinski definition) is 6. The molecular formula is C23H23N3O4S2. The van der Waals surface area contributed by atoms with Crippen molar-refractivity contribution in [2.24, 2.45) is 7.05 Å². The molecule has 0 bridgehead atoms. The number of thiazole rings is 1. The number of nitrogens with zero attached hydrogens (tertiary/aromatic N) is 2. The average Bonchev–Trinajstić information content (AvgIpc) is 3.39. The van der Waals surface area contributed by atoms with Gasteiger partial charge in [0, 0.05) is 29.8 Å². The number of methoxy groups -OCH3 is 2. The lowest BCUT2D eigenvalue weighted by Crippen LogP contribution is -2.14. The molecule has 0 unspecified atom stereocenters. The van der Waals surface area contributed by atoms with Gasteiger partial charge < -0.3 is 14.0 Å². The molecule has 0 amide bonds. The van der Waals surface area contributed by atoms with Gasteiger partial charge in [0.1, 0.15) is 21.4 Å². The predicted octanol–water partition coefficient (Wildman–Crippen LogP) is 4.94. The first kappa shape index (κ1) is 21.9. The van der Waals surface area contributed by atoms with Crippen LogP contribution in [0, 0.1) is 6.92 Å². The van der Waals surface area contributed by atoms with E-state index < -0.39 is 10.0 Å². The van der Waals surface area contributed by atoms with Crippen molar-refractivity contribution in [1.29, 1.82) is 0 Å². The topological polar surface area (TPSA) is 82.4 Å². The first-order valence-corrected chi connectivity index (χ1v) is 12.1. The highest BCUT2D eigenvalue weighted by Crippen LogP contribution is 2.35. The van der Waals surface area contributed by atoms with Crippen molar-refractivity contribution < 1.29 is 17.9 Å². The summed E-state index contributed by atoms with van der Waals surface area (Å²) in [6.45, 7) is 1.77. The molecule has 2 aromatic heterocycles. The van der Waals surface area contributed by atoms with Gasteiger partial charge in [-0.1, -0.05) is 30.3 Å². The first-order valence-electron chi connectivity index (χ1n) is 9.76. The zero-order valence-corrected chi connectivity index (χ0v) is 19.8. The van der Waals surface area contributed by atoms with Crippen molar-refractivity contribution in [2.45, 2.75) is 11.8 Å². The summed E-state index contributed by atoms with van der Waals surface area (Å²) in [5, 5.41) is 2.72. The summed E-state index contributed by atoms with van der Waals surface area (Å²) in [7, 11) is 0.950. The molecule has 0 aliphatic heterocycles. The van der Waals surface area contributed by atoms with Crippen LogP contribution in [-0.4, -0.2) is 32.2 Å². The van der Waals surface area contributed by atoms with Crippen LogP contribution in [0.15, 0.2) is 64.9 Å². The van der Waals surface area contributed by atoms with Gasteiger partial charge in [-0.3, -0.25) is 4.72 Å². The fourth-order valence-electron chi connectivity index (χ4n) is 3.38. The molecule has 9 heteroatoms. The Hall–Kier alpha value is -3.30. The summed E-state index contributed by atoms with van der Waals surface area (Å²) in [5.74, 6) is 0.917. The molecule has 2 heterocycles. The van der Waals surface area contributed by atoms with Gasteiger partial charge in [0.25, 0.3) is 10.0 Å². The summed E-state index contributed by atoms with van der Waals surface area (Å²) >= 11 is 1.48. The molecular weight excluding hydrogens is 446 g/mol. The Morgan fingerprint density at radius 1 is 1.03 bits per heavy atom. The van der Waals surface area contributed by atoms with Crippen LogP contribution in [0.2, 0.25) is 0 Å². The molecule has 0 saturated carbocycles. The molecule has 0 aliphatic rings. The zero-order valence-electron chi connectivity index (χ0n) is 18.1. The fourth-order valence-corrected chi connectivity index (χ4v) is 5.61. The number of rotatable bonds is 7. The van der Waals surface area contributed by atoms with Crippen LogP contribution in [0.4, 0.5) is 5.69 Å². The Kier molecular flexibility index (Phi) is 5.94. The molecule has 2 aromatic carbocycles. The second kappa shape index (κ2) is 8.68. The number of aromatic nitrogens is 2. The Morgan fingerprint density at radius 2 is 1.78 bits per heavy atom. The molecule has 1 N–H and O–H groups in total. The van der Waals surface area contributed by atoms with Crippen LogP contribution < -0.4 is 14.2 Å². The average molecular weight is 470 g/mol. The molecule has 0 radical (unpaired) electrons. The minimum Gasteiger partial charge on any atom is -0.497 e. The zero-order chi connectivity index (χ0) is 22.9. The van der Waals surface area contributed by atoms with Crippen LogP contribution >= 0.6 is 11.3 Å². The Labute approximate surface area is 191 Å². The maximum Gasteiger partial charge on any atom is 0.263 e. The SMILES string of the molecule is COc1ccc(OC)c(NS(=O)(=O)c2cc(-c3nc(-c4ccccc4)cs3)n(C)c2C)c1. The smallest absolute Gasteiger partial charge is 0.263 e. The second-order valence-electron chi connectivity index (χ2n) is 7.11. The van der Waals surface area contributed by atoms with Crippen LogP contribution in [0.5, 0.6) is 11.5 Å². The van der Waals surface area contributed by atoms with E-state index >= 15 is 0 Å². The predicted molar refractivity (Wildman–Crippen MR) is 127 cm³/mol. The van der Waals surface area contributed by atoms with Gasteiger partial charge in [-0.25, -0.2) is 13.4 Å². The van der Waals surface area contributed by atoms with Gasteiger partial charge in [0.2, 0.25) is 0 Å². The van der Waals surface area contributed by atoms with E-state index in [2.05, 4.69) is 4.72 Å². The van der Waals surface area contributed by atoms with E-state index in [-0.39, 0.29) is 4.90 Å². The van der Waals surface area contributed by atoms with Crippen molar-refractivity contribution in [2.75, 3.05) is 18.9 Å². The second-order valence-corrected chi connectivity index (χ2v) is 9.62. The molecule has 0 fully saturated rings. The molecule has 32 heavy (non-hydrogen) atoms. The van der Waals surface area contributed by atoms with Crippen molar-refractivity contribution >= 4 is 27.0 Å². The number of ether oxygens (including phenoxy) is 2. The molecule has 0 atom stereocenters. The Bertz CT molecular complexity index is 1360. The maximum atomic E-state index is 13.3. The van der Waals surface area contributed by atoms with Crippen LogP contribution in [0.3, 0.4) is 0 Å². The summed E-state index contributed by atoms with van der Waals surface area (Å²) in [5.41, 5.74) is 3.50. The summed E-state index contributed by atoms with van der Waals surface area (Å²) in [6.07, 6.45) is 0. The maximum absolute atomic E-state index is 13.3. The third-order valence-electron chi connectivity index (χ3n) is 5.22. The van der Waals surface area contributed by atoms with Crippen LogP contribution in [0.1, 0.15) is 5.69 Å². The number of benzene rings is 2. The van der Waals surface area contributed by atoms with Gasteiger partial charge in [0.15, 0.2) is 0 Å². The molecule has 7 nitrogen and oxygen atoms in total. The highest BCUT2D eigenvalue weighted by Gasteiger charge is 2.25. The highest BCUT2D eigenvalue weighted by molar-refractivity contribution is 7.92. The molecule has 0 saturated heterocycles. The van der Waals surface area contributed by atoms with Gasteiger partial charge in [-0.2, -0.15) is 0 Å². The molecule has 0 spiro atoms. The third-order valence-corrected chi connectivity index (χ3v) is 7.57.